The highest BCUT2D eigenvalue weighted by molar-refractivity contribution is 7.91. The number of hydrogen-bond acceptors (Lipinski definition) is 4. The molecule has 1 N–H and O–H groups in total. The Balaban J connectivity index is 1.89. The molecule has 0 radical (unpaired) electrons. The second kappa shape index (κ2) is 7.87. The van der Waals surface area contributed by atoms with Crippen LogP contribution in [0.25, 0.3) is 10.9 Å². The third-order valence-corrected chi connectivity index (χ3v) is 7.39. The van der Waals surface area contributed by atoms with E-state index < -0.39 is 9.84 Å². The first-order chi connectivity index (χ1) is 13.1. The first kappa shape index (κ1) is 20.9. The van der Waals surface area contributed by atoms with Gasteiger partial charge in [0.2, 0.25) is 5.91 Å². The van der Waals surface area contributed by atoms with Crippen molar-refractivity contribution in [3.63, 3.8) is 0 Å². The fourth-order valence-electron chi connectivity index (χ4n) is 4.25. The summed E-state index contributed by atoms with van der Waals surface area (Å²) in [6, 6.07) is 4.03. The minimum atomic E-state index is -3.04. The van der Waals surface area contributed by atoms with E-state index in [1.807, 2.05) is 25.9 Å². The maximum atomic E-state index is 13.3. The number of fused-ring (bicyclic) bond motifs is 1. The van der Waals surface area contributed by atoms with Gasteiger partial charge in [0.1, 0.15) is 0 Å². The number of carbonyl (C=O) groups excluding carboxylic acids is 1. The Morgan fingerprint density at radius 1 is 1.18 bits per heavy atom. The fourth-order valence-corrected chi connectivity index (χ4v) is 5.98. The number of likely N-dealkylation sites (N-methyl/N-ethyl adjacent to an activating group) is 1. The second-order valence-corrected chi connectivity index (χ2v) is 10.6. The van der Waals surface area contributed by atoms with E-state index in [2.05, 4.69) is 31.0 Å². The molecule has 2 heterocycles. The maximum Gasteiger partial charge on any atom is 0.227 e. The molecule has 0 saturated carbocycles. The van der Waals surface area contributed by atoms with Gasteiger partial charge in [-0.25, -0.2) is 8.42 Å². The Morgan fingerprint density at radius 2 is 1.89 bits per heavy atom. The van der Waals surface area contributed by atoms with Crippen molar-refractivity contribution in [3.8, 4) is 0 Å². The van der Waals surface area contributed by atoms with E-state index in [0.29, 0.717) is 25.9 Å². The first-order valence-electron chi connectivity index (χ1n) is 9.80. The summed E-state index contributed by atoms with van der Waals surface area (Å²) in [5.74, 6) is 0.262. The number of nitrogens with one attached hydrogen (secondary N) is 1. The number of rotatable bonds is 6. The highest BCUT2D eigenvalue weighted by atomic mass is 32.2. The van der Waals surface area contributed by atoms with Crippen LogP contribution in [0.2, 0.25) is 0 Å². The normalized spacial score (nSPS) is 18.9. The van der Waals surface area contributed by atoms with Crippen LogP contribution in [0.15, 0.2) is 12.1 Å². The van der Waals surface area contributed by atoms with Gasteiger partial charge in [0, 0.05) is 35.7 Å². The van der Waals surface area contributed by atoms with Gasteiger partial charge >= 0.3 is 0 Å². The third-order valence-electron chi connectivity index (χ3n) is 5.64. The van der Waals surface area contributed by atoms with Crippen LogP contribution >= 0.6 is 0 Å². The zero-order valence-electron chi connectivity index (χ0n) is 17.5. The molecule has 1 amide bonds. The monoisotopic (exact) mass is 405 g/mol. The number of nitrogens with zero attached hydrogens (tertiary/aromatic N) is 2. The van der Waals surface area contributed by atoms with Crippen LogP contribution in [-0.4, -0.2) is 73.8 Å². The third kappa shape index (κ3) is 4.41. The molecule has 1 aliphatic heterocycles. The van der Waals surface area contributed by atoms with E-state index in [-0.39, 0.29) is 23.5 Å². The van der Waals surface area contributed by atoms with Crippen LogP contribution in [0.5, 0.6) is 0 Å². The summed E-state index contributed by atoms with van der Waals surface area (Å²) in [7, 11) is 0.881. The smallest absolute Gasteiger partial charge is 0.227 e. The molecule has 1 unspecified atom stereocenters. The van der Waals surface area contributed by atoms with Crippen molar-refractivity contribution < 1.29 is 13.2 Å². The van der Waals surface area contributed by atoms with E-state index in [0.717, 1.165) is 27.7 Å². The molecule has 1 aromatic heterocycles. The van der Waals surface area contributed by atoms with Crippen LogP contribution in [0.4, 0.5) is 0 Å². The quantitative estimate of drug-likeness (QED) is 0.800. The van der Waals surface area contributed by atoms with Gasteiger partial charge in [-0.3, -0.25) is 4.79 Å². The summed E-state index contributed by atoms with van der Waals surface area (Å²) < 4.78 is 24.0. The molecule has 0 spiro atoms. The van der Waals surface area contributed by atoms with Gasteiger partial charge in [-0.15, -0.1) is 0 Å². The Hall–Kier alpha value is -1.86. The highest BCUT2D eigenvalue weighted by Crippen LogP contribution is 2.28. The van der Waals surface area contributed by atoms with Crippen molar-refractivity contribution in [1.29, 1.82) is 0 Å². The summed E-state index contributed by atoms with van der Waals surface area (Å²) in [6.07, 6.45) is 0.826. The largest absolute Gasteiger partial charge is 0.358 e. The molecular weight excluding hydrogens is 374 g/mol. The van der Waals surface area contributed by atoms with Crippen LogP contribution in [-0.2, 0) is 21.1 Å². The Labute approximate surface area is 167 Å². The lowest BCUT2D eigenvalue weighted by atomic mass is 10.0. The molecule has 28 heavy (non-hydrogen) atoms. The maximum absolute atomic E-state index is 13.3. The van der Waals surface area contributed by atoms with E-state index >= 15 is 0 Å². The lowest BCUT2D eigenvalue weighted by molar-refractivity contribution is -0.132. The summed E-state index contributed by atoms with van der Waals surface area (Å²) in [4.78, 5) is 20.5. The lowest BCUT2D eigenvalue weighted by Crippen LogP contribution is -2.45. The molecule has 2 aromatic rings. The molecular formula is C21H31N3O3S. The topological polar surface area (TPSA) is 73.5 Å². The van der Waals surface area contributed by atoms with Crippen LogP contribution in [0.1, 0.15) is 28.8 Å². The zero-order chi connectivity index (χ0) is 20.6. The average molecular weight is 406 g/mol. The molecule has 3 rings (SSSR count). The first-order valence-corrected chi connectivity index (χ1v) is 11.6. The van der Waals surface area contributed by atoms with Crippen molar-refractivity contribution >= 4 is 26.6 Å². The van der Waals surface area contributed by atoms with Crippen molar-refractivity contribution in [3.05, 3.63) is 34.5 Å². The van der Waals surface area contributed by atoms with Crippen molar-refractivity contribution in [1.82, 2.24) is 14.8 Å². The van der Waals surface area contributed by atoms with Crippen molar-refractivity contribution in [2.24, 2.45) is 0 Å². The van der Waals surface area contributed by atoms with Crippen LogP contribution in [0, 0.1) is 20.8 Å². The Kier molecular flexibility index (Phi) is 5.87. The summed E-state index contributed by atoms with van der Waals surface area (Å²) >= 11 is 0. The number of aryl methyl sites for hydroxylation is 3. The number of H-pyrrole nitrogens is 1. The van der Waals surface area contributed by atoms with E-state index in [1.165, 1.54) is 5.56 Å². The molecule has 1 fully saturated rings. The van der Waals surface area contributed by atoms with Crippen LogP contribution in [0.3, 0.4) is 0 Å². The number of carbonyl (C=O) groups is 1. The predicted octanol–water partition coefficient (Wildman–Crippen LogP) is 2.21. The predicted molar refractivity (Wildman–Crippen MR) is 114 cm³/mol. The Bertz CT molecular complexity index is 992. The molecule has 1 aliphatic rings. The summed E-state index contributed by atoms with van der Waals surface area (Å²) in [5, 5.41) is 1.11. The van der Waals surface area contributed by atoms with Gasteiger partial charge in [0.15, 0.2) is 9.84 Å². The SMILES string of the molecule is Cc1cc(C)c2c(CC(=O)N(CCN(C)C)C3CCS(=O)(=O)C3)c(C)[nH]c2c1. The number of aromatic nitrogens is 1. The number of benzene rings is 1. The molecule has 6 nitrogen and oxygen atoms in total. The molecule has 7 heteroatoms. The fraction of sp³-hybridized carbons (Fsp3) is 0.571. The standard InChI is InChI=1S/C21H31N3O3S/c1-14-10-15(2)21-18(16(3)22-19(21)11-14)12-20(25)24(8-7-23(4)5)17-6-9-28(26,27)13-17/h10-11,17,22H,6-9,12-13H2,1-5H3. The highest BCUT2D eigenvalue weighted by Gasteiger charge is 2.34. The Morgan fingerprint density at radius 3 is 2.50 bits per heavy atom. The van der Waals surface area contributed by atoms with E-state index in [9.17, 15) is 13.2 Å². The molecule has 0 aliphatic carbocycles. The van der Waals surface area contributed by atoms with Gasteiger partial charge in [-0.2, -0.15) is 0 Å². The average Bonchev–Trinajstić information content (AvgIpc) is 3.07. The number of sulfone groups is 1. The second-order valence-electron chi connectivity index (χ2n) is 8.36. The van der Waals surface area contributed by atoms with E-state index in [1.54, 1.807) is 4.90 Å². The summed E-state index contributed by atoms with van der Waals surface area (Å²) in [6.45, 7) is 7.40. The van der Waals surface area contributed by atoms with Crippen molar-refractivity contribution in [2.45, 2.75) is 39.7 Å². The molecule has 1 atom stereocenters. The lowest BCUT2D eigenvalue weighted by Gasteiger charge is -2.29. The molecule has 154 valence electrons. The minimum Gasteiger partial charge on any atom is -0.358 e. The molecule has 1 saturated heterocycles. The molecule has 0 bridgehead atoms. The van der Waals surface area contributed by atoms with Crippen molar-refractivity contribution in [2.75, 3.05) is 38.7 Å². The molecule has 1 aromatic carbocycles. The van der Waals surface area contributed by atoms with E-state index in [4.69, 9.17) is 0 Å². The van der Waals surface area contributed by atoms with Gasteiger partial charge in [0.25, 0.3) is 0 Å². The number of amides is 1. The van der Waals surface area contributed by atoms with Gasteiger partial charge in [-0.1, -0.05) is 6.07 Å². The number of hydrogen-bond donors (Lipinski definition) is 1. The van der Waals surface area contributed by atoms with Gasteiger partial charge in [0.05, 0.1) is 17.9 Å². The van der Waals surface area contributed by atoms with Gasteiger partial charge < -0.3 is 14.8 Å². The summed E-state index contributed by atoms with van der Waals surface area (Å²) in [5.41, 5.74) is 5.43. The minimum absolute atomic E-state index is 0.00734. The zero-order valence-corrected chi connectivity index (χ0v) is 18.3. The van der Waals surface area contributed by atoms with Gasteiger partial charge in [-0.05, 0) is 64.0 Å². The number of aromatic amines is 1. The van der Waals surface area contributed by atoms with Crippen LogP contribution < -0.4 is 0 Å².